The molecule has 0 saturated carbocycles. The number of hydrazine groups is 1. The molecule has 0 spiro atoms. The van der Waals surface area contributed by atoms with Crippen molar-refractivity contribution < 1.29 is 4.39 Å². The number of nitrogens with one attached hydrogen (secondary N) is 1. The summed E-state index contributed by atoms with van der Waals surface area (Å²) in [6, 6.07) is 14.7. The fourth-order valence-electron chi connectivity index (χ4n) is 2.50. The number of fused-ring (bicyclic) bond motifs is 1. The quantitative estimate of drug-likeness (QED) is 0.572. The lowest BCUT2D eigenvalue weighted by atomic mass is 9.97. The summed E-state index contributed by atoms with van der Waals surface area (Å²) in [5.74, 6) is 5.41. The number of pyridine rings is 1. The van der Waals surface area contributed by atoms with Gasteiger partial charge >= 0.3 is 0 Å². The maximum atomic E-state index is 14.3. The molecule has 0 saturated heterocycles. The van der Waals surface area contributed by atoms with Gasteiger partial charge in [0.05, 0.1) is 11.6 Å². The third kappa shape index (κ3) is 2.51. The summed E-state index contributed by atoms with van der Waals surface area (Å²) < 4.78 is 14.3. The van der Waals surface area contributed by atoms with Gasteiger partial charge in [-0.05, 0) is 30.2 Å². The molecule has 1 aromatic heterocycles. The SMILES string of the molecule is Cc1cccc(C(NN)c2cnc3ccccc3c2)c1F. The number of benzene rings is 2. The number of hydrogen-bond acceptors (Lipinski definition) is 3. The number of nitrogens with two attached hydrogens (primary N) is 1. The number of para-hydroxylation sites is 1. The zero-order valence-electron chi connectivity index (χ0n) is 11.7. The molecule has 2 aromatic carbocycles. The second-order valence-corrected chi connectivity index (χ2v) is 5.04. The summed E-state index contributed by atoms with van der Waals surface area (Å²) in [5.41, 5.74) is 5.55. The second-order valence-electron chi connectivity index (χ2n) is 5.04. The first-order valence-electron chi connectivity index (χ1n) is 6.76. The van der Waals surface area contributed by atoms with Gasteiger partial charge in [-0.2, -0.15) is 0 Å². The van der Waals surface area contributed by atoms with E-state index in [0.29, 0.717) is 11.1 Å². The van der Waals surface area contributed by atoms with Crippen LogP contribution in [0.1, 0.15) is 22.7 Å². The standard InChI is InChI=1S/C17H16FN3/c1-11-5-4-7-14(16(11)18)17(21-19)13-9-12-6-2-3-8-15(12)20-10-13/h2-10,17,21H,19H2,1H3. The minimum Gasteiger partial charge on any atom is -0.271 e. The van der Waals surface area contributed by atoms with Crippen LogP contribution in [0.4, 0.5) is 4.39 Å². The lowest BCUT2D eigenvalue weighted by molar-refractivity contribution is 0.554. The van der Waals surface area contributed by atoms with Gasteiger partial charge < -0.3 is 0 Å². The Hall–Kier alpha value is -2.30. The Bertz CT molecular complexity index is 786. The highest BCUT2D eigenvalue weighted by atomic mass is 19.1. The Morgan fingerprint density at radius 2 is 1.95 bits per heavy atom. The van der Waals surface area contributed by atoms with Crippen molar-refractivity contribution in [2.75, 3.05) is 0 Å². The van der Waals surface area contributed by atoms with E-state index in [4.69, 9.17) is 5.84 Å². The third-order valence-electron chi connectivity index (χ3n) is 3.64. The molecule has 3 rings (SSSR count). The van der Waals surface area contributed by atoms with Crippen LogP contribution in [-0.4, -0.2) is 4.98 Å². The normalized spacial score (nSPS) is 12.5. The van der Waals surface area contributed by atoms with Crippen molar-refractivity contribution in [3.05, 3.63) is 77.2 Å². The van der Waals surface area contributed by atoms with Crippen LogP contribution in [0.2, 0.25) is 0 Å². The van der Waals surface area contributed by atoms with E-state index < -0.39 is 6.04 Å². The molecule has 4 heteroatoms. The molecule has 0 bridgehead atoms. The van der Waals surface area contributed by atoms with Gasteiger partial charge in [0.2, 0.25) is 0 Å². The third-order valence-corrected chi connectivity index (χ3v) is 3.64. The number of hydrogen-bond donors (Lipinski definition) is 2. The predicted molar refractivity (Wildman–Crippen MR) is 82.0 cm³/mol. The second kappa shape index (κ2) is 5.60. The first-order valence-corrected chi connectivity index (χ1v) is 6.76. The van der Waals surface area contributed by atoms with Crippen LogP contribution < -0.4 is 11.3 Å². The summed E-state index contributed by atoms with van der Waals surface area (Å²) in [6.45, 7) is 1.74. The Balaban J connectivity index is 2.11. The monoisotopic (exact) mass is 281 g/mol. The molecule has 1 unspecified atom stereocenters. The van der Waals surface area contributed by atoms with Crippen LogP contribution in [-0.2, 0) is 0 Å². The molecule has 21 heavy (non-hydrogen) atoms. The molecule has 0 fully saturated rings. The van der Waals surface area contributed by atoms with Crippen molar-refractivity contribution in [3.63, 3.8) is 0 Å². The Morgan fingerprint density at radius 3 is 2.76 bits per heavy atom. The van der Waals surface area contributed by atoms with Crippen LogP contribution in [0.15, 0.2) is 54.7 Å². The summed E-state index contributed by atoms with van der Waals surface area (Å²) in [5, 5.41) is 1.00. The molecular formula is C17H16FN3. The zero-order valence-corrected chi connectivity index (χ0v) is 11.7. The number of aromatic nitrogens is 1. The minimum atomic E-state index is -0.429. The molecule has 3 nitrogen and oxygen atoms in total. The summed E-state index contributed by atoms with van der Waals surface area (Å²) >= 11 is 0. The van der Waals surface area contributed by atoms with Gasteiger partial charge in [0.1, 0.15) is 5.82 Å². The van der Waals surface area contributed by atoms with Gasteiger partial charge in [0.15, 0.2) is 0 Å². The molecule has 0 aliphatic carbocycles. The number of aryl methyl sites for hydroxylation is 1. The van der Waals surface area contributed by atoms with Gasteiger partial charge in [0, 0.05) is 17.1 Å². The summed E-state index contributed by atoms with van der Waals surface area (Å²) in [4.78, 5) is 4.41. The lowest BCUT2D eigenvalue weighted by Gasteiger charge is -2.18. The fourth-order valence-corrected chi connectivity index (χ4v) is 2.50. The van der Waals surface area contributed by atoms with Crippen molar-refractivity contribution in [2.24, 2.45) is 5.84 Å². The molecule has 106 valence electrons. The average molecular weight is 281 g/mol. The van der Waals surface area contributed by atoms with Crippen molar-refractivity contribution >= 4 is 10.9 Å². The highest BCUT2D eigenvalue weighted by molar-refractivity contribution is 5.79. The first-order chi connectivity index (χ1) is 10.2. The van der Waals surface area contributed by atoms with Gasteiger partial charge in [-0.25, -0.2) is 9.82 Å². The zero-order chi connectivity index (χ0) is 14.8. The van der Waals surface area contributed by atoms with Gasteiger partial charge in [0.25, 0.3) is 0 Å². The van der Waals surface area contributed by atoms with Crippen molar-refractivity contribution in [2.45, 2.75) is 13.0 Å². The lowest BCUT2D eigenvalue weighted by Crippen LogP contribution is -2.29. The molecule has 3 N–H and O–H groups in total. The van der Waals surface area contributed by atoms with Gasteiger partial charge in [-0.15, -0.1) is 0 Å². The van der Waals surface area contributed by atoms with Crippen LogP contribution in [0.3, 0.4) is 0 Å². The Morgan fingerprint density at radius 1 is 1.14 bits per heavy atom. The molecule has 0 amide bonds. The molecular weight excluding hydrogens is 265 g/mol. The van der Waals surface area contributed by atoms with E-state index in [-0.39, 0.29) is 5.82 Å². The molecule has 1 atom stereocenters. The highest BCUT2D eigenvalue weighted by Gasteiger charge is 2.18. The Labute approximate surface area is 122 Å². The van der Waals surface area contributed by atoms with Crippen molar-refractivity contribution in [1.29, 1.82) is 0 Å². The molecule has 1 heterocycles. The first kappa shape index (κ1) is 13.7. The van der Waals surface area contributed by atoms with Crippen molar-refractivity contribution in [3.8, 4) is 0 Å². The predicted octanol–water partition coefficient (Wildman–Crippen LogP) is 3.24. The summed E-state index contributed by atoms with van der Waals surface area (Å²) in [6.07, 6.45) is 1.73. The van der Waals surface area contributed by atoms with Gasteiger partial charge in [-0.3, -0.25) is 10.8 Å². The molecule has 0 radical (unpaired) electrons. The maximum Gasteiger partial charge on any atom is 0.131 e. The van der Waals surface area contributed by atoms with E-state index in [1.54, 1.807) is 25.3 Å². The van der Waals surface area contributed by atoms with E-state index in [0.717, 1.165) is 16.5 Å². The van der Waals surface area contributed by atoms with E-state index in [1.165, 1.54) is 0 Å². The smallest absolute Gasteiger partial charge is 0.131 e. The van der Waals surface area contributed by atoms with E-state index >= 15 is 0 Å². The van der Waals surface area contributed by atoms with Crippen LogP contribution in [0.25, 0.3) is 10.9 Å². The Kier molecular flexibility index (Phi) is 3.64. The van der Waals surface area contributed by atoms with Crippen LogP contribution in [0, 0.1) is 12.7 Å². The molecule has 3 aromatic rings. The minimum absolute atomic E-state index is 0.242. The summed E-state index contributed by atoms with van der Waals surface area (Å²) in [7, 11) is 0. The van der Waals surface area contributed by atoms with Crippen LogP contribution in [0.5, 0.6) is 0 Å². The van der Waals surface area contributed by atoms with Gasteiger partial charge in [-0.1, -0.05) is 36.4 Å². The topological polar surface area (TPSA) is 50.9 Å². The van der Waals surface area contributed by atoms with E-state index in [1.807, 2.05) is 36.4 Å². The van der Waals surface area contributed by atoms with E-state index in [2.05, 4.69) is 10.4 Å². The highest BCUT2D eigenvalue weighted by Crippen LogP contribution is 2.26. The number of nitrogens with zero attached hydrogens (tertiary/aromatic N) is 1. The average Bonchev–Trinajstić information content (AvgIpc) is 2.52. The number of rotatable bonds is 3. The number of halogens is 1. The van der Waals surface area contributed by atoms with Crippen LogP contribution >= 0.6 is 0 Å². The van der Waals surface area contributed by atoms with E-state index in [9.17, 15) is 4.39 Å². The molecule has 0 aliphatic heterocycles. The fraction of sp³-hybridized carbons (Fsp3) is 0.118. The molecule has 0 aliphatic rings. The maximum absolute atomic E-state index is 14.3. The largest absolute Gasteiger partial charge is 0.271 e. The van der Waals surface area contributed by atoms with Crippen molar-refractivity contribution in [1.82, 2.24) is 10.4 Å².